The van der Waals surface area contributed by atoms with Crippen LogP contribution in [0.5, 0.6) is 0 Å². The van der Waals surface area contributed by atoms with Gasteiger partial charge in [0.15, 0.2) is 11.6 Å². The second-order valence-electron chi connectivity index (χ2n) is 4.40. The van der Waals surface area contributed by atoms with Gasteiger partial charge in [-0.1, -0.05) is 56.7 Å². The minimum absolute atomic E-state index is 0.343. The second-order valence-corrected chi connectivity index (χ2v) is 4.40. The summed E-state index contributed by atoms with van der Waals surface area (Å²) in [5.41, 5.74) is 0.343. The molecule has 0 aliphatic heterocycles. The highest BCUT2D eigenvalue weighted by atomic mass is 19.2. The fraction of sp³-hybridized carbons (Fsp3) is 0.500. The predicted octanol–water partition coefficient (Wildman–Crippen LogP) is 5.81. The summed E-state index contributed by atoms with van der Waals surface area (Å²) >= 11 is 0. The summed E-state index contributed by atoms with van der Waals surface area (Å²) in [4.78, 5) is 0. The lowest BCUT2D eigenvalue weighted by molar-refractivity contribution is 0.503. The first-order valence-corrected chi connectivity index (χ1v) is 6.61. The first-order valence-electron chi connectivity index (χ1n) is 6.61. The molecule has 0 heterocycles. The van der Waals surface area contributed by atoms with E-state index in [0.717, 1.165) is 6.07 Å². The van der Waals surface area contributed by atoms with Gasteiger partial charge in [0.25, 0.3) is 0 Å². The third kappa shape index (κ3) is 7.99. The molecule has 2 heteroatoms. The predicted molar refractivity (Wildman–Crippen MR) is 74.7 cm³/mol. The van der Waals surface area contributed by atoms with E-state index in [0.29, 0.717) is 5.56 Å². The smallest absolute Gasteiger partial charge is 0.161 e. The van der Waals surface area contributed by atoms with Gasteiger partial charge >= 0.3 is 0 Å². The fourth-order valence-corrected chi connectivity index (χ4v) is 1.67. The monoisotopic (exact) mass is 254 g/mol. The number of aryl methyl sites for hydroxylation is 1. The number of hydrogen-bond acceptors (Lipinski definition) is 0. The number of hydrogen-bond donors (Lipinski definition) is 0. The highest BCUT2D eigenvalue weighted by Crippen LogP contribution is 2.15. The van der Waals surface area contributed by atoms with Crippen molar-refractivity contribution in [2.75, 3.05) is 0 Å². The Morgan fingerprint density at radius 3 is 1.67 bits per heavy atom. The summed E-state index contributed by atoms with van der Waals surface area (Å²) in [7, 11) is 0. The van der Waals surface area contributed by atoms with Gasteiger partial charge in [0, 0.05) is 0 Å². The van der Waals surface area contributed by atoms with Crippen LogP contribution < -0.4 is 0 Å². The molecular weight excluding hydrogens is 230 g/mol. The summed E-state index contributed by atoms with van der Waals surface area (Å²) in [6, 6.07) is 4.11. The van der Waals surface area contributed by atoms with Crippen LogP contribution in [-0.2, 0) is 0 Å². The first-order chi connectivity index (χ1) is 8.63. The van der Waals surface area contributed by atoms with Crippen LogP contribution in [0.3, 0.4) is 0 Å². The zero-order valence-electron chi connectivity index (χ0n) is 11.5. The van der Waals surface area contributed by atoms with E-state index >= 15 is 0 Å². The molecule has 0 aromatic heterocycles. The van der Waals surface area contributed by atoms with E-state index in [1.54, 1.807) is 6.08 Å². The third-order valence-electron chi connectivity index (χ3n) is 2.64. The van der Waals surface area contributed by atoms with E-state index < -0.39 is 11.6 Å². The van der Waals surface area contributed by atoms with Crippen molar-refractivity contribution in [2.24, 2.45) is 0 Å². The van der Waals surface area contributed by atoms with Crippen LogP contribution in [0, 0.1) is 18.6 Å². The van der Waals surface area contributed by atoms with E-state index in [4.69, 9.17) is 0 Å². The molecule has 102 valence electrons. The summed E-state index contributed by atoms with van der Waals surface area (Å²) in [6.45, 7) is 6.78. The Morgan fingerprint density at radius 1 is 1.00 bits per heavy atom. The molecule has 2 rings (SSSR count). The van der Waals surface area contributed by atoms with Crippen LogP contribution in [0.2, 0.25) is 0 Å². The van der Waals surface area contributed by atoms with E-state index in [2.05, 4.69) is 6.58 Å². The molecule has 0 saturated heterocycles. The van der Waals surface area contributed by atoms with Crippen molar-refractivity contribution in [1.82, 2.24) is 0 Å². The number of rotatable bonds is 0. The molecule has 0 bridgehead atoms. The maximum absolute atomic E-state index is 12.4. The average molecular weight is 254 g/mol. The summed E-state index contributed by atoms with van der Waals surface area (Å²) < 4.78 is 24.6. The van der Waals surface area contributed by atoms with Crippen LogP contribution in [0.1, 0.15) is 51.0 Å². The second kappa shape index (κ2) is 10.9. The van der Waals surface area contributed by atoms with Crippen LogP contribution >= 0.6 is 0 Å². The molecule has 0 atom stereocenters. The number of halogens is 2. The average Bonchev–Trinajstić information content (AvgIpc) is 2.40. The van der Waals surface area contributed by atoms with Crippen molar-refractivity contribution >= 4 is 0 Å². The Bertz CT molecular complexity index is 296. The molecule has 1 saturated carbocycles. The van der Waals surface area contributed by atoms with E-state index in [1.165, 1.54) is 57.6 Å². The molecule has 0 nitrogen and oxygen atoms in total. The molecule has 1 fully saturated rings. The summed E-state index contributed by atoms with van der Waals surface area (Å²) in [5.74, 6) is -1.53. The maximum Gasteiger partial charge on any atom is 0.161 e. The fourth-order valence-electron chi connectivity index (χ4n) is 1.67. The van der Waals surface area contributed by atoms with Crippen molar-refractivity contribution < 1.29 is 8.78 Å². The number of allylic oxidation sites excluding steroid dienone is 1. The summed E-state index contributed by atoms with van der Waals surface area (Å²) in [5, 5.41) is 0. The van der Waals surface area contributed by atoms with Crippen LogP contribution in [0.4, 0.5) is 8.78 Å². The van der Waals surface area contributed by atoms with Crippen molar-refractivity contribution in [2.45, 2.75) is 52.4 Å². The van der Waals surface area contributed by atoms with Crippen LogP contribution in [-0.4, -0.2) is 0 Å². The molecule has 1 aliphatic rings. The molecule has 18 heavy (non-hydrogen) atoms. The van der Waals surface area contributed by atoms with Crippen molar-refractivity contribution in [3.63, 3.8) is 0 Å². The highest BCUT2D eigenvalue weighted by molar-refractivity contribution is 5.16. The van der Waals surface area contributed by atoms with Gasteiger partial charge in [-0.15, -0.1) is 6.58 Å². The topological polar surface area (TPSA) is 0 Å². The molecular formula is C16H24F2. The van der Waals surface area contributed by atoms with Crippen LogP contribution in [0.15, 0.2) is 30.9 Å². The van der Waals surface area contributed by atoms with Gasteiger partial charge in [-0.25, -0.2) is 8.78 Å². The van der Waals surface area contributed by atoms with Gasteiger partial charge in [0.05, 0.1) is 0 Å². The van der Waals surface area contributed by atoms with Gasteiger partial charge in [-0.3, -0.25) is 0 Å². The standard InChI is InChI=1S/C7H6F2.C6H12.C3H6/c1-5-3-2-4-6(8)7(5)9;1-2-4-6-5-3-1;1-3-2/h2-4H,1H3;1-6H2;3H,1H2,2H3. The van der Waals surface area contributed by atoms with E-state index in [-0.39, 0.29) is 0 Å². The minimum Gasteiger partial charge on any atom is -0.204 e. The van der Waals surface area contributed by atoms with Gasteiger partial charge in [0.1, 0.15) is 0 Å². The molecule has 0 N–H and O–H groups in total. The largest absolute Gasteiger partial charge is 0.204 e. The van der Waals surface area contributed by atoms with Crippen molar-refractivity contribution in [3.8, 4) is 0 Å². The van der Waals surface area contributed by atoms with Gasteiger partial charge in [-0.05, 0) is 25.5 Å². The molecule has 1 aromatic carbocycles. The zero-order valence-corrected chi connectivity index (χ0v) is 11.5. The minimum atomic E-state index is -0.782. The first kappa shape index (κ1) is 16.8. The highest BCUT2D eigenvalue weighted by Gasteiger charge is 2.00. The summed E-state index contributed by atoms with van der Waals surface area (Å²) in [6.07, 6.45) is 10.8. The zero-order chi connectivity index (χ0) is 13.8. The molecule has 0 unspecified atom stereocenters. The quantitative estimate of drug-likeness (QED) is 0.513. The Kier molecular flexibility index (Phi) is 10.2. The third-order valence-corrected chi connectivity index (χ3v) is 2.64. The Hall–Kier alpha value is -1.18. The number of benzene rings is 1. The molecule has 0 spiro atoms. The van der Waals surface area contributed by atoms with Gasteiger partial charge < -0.3 is 0 Å². The van der Waals surface area contributed by atoms with E-state index in [1.807, 2.05) is 6.92 Å². The lowest BCUT2D eigenvalue weighted by Gasteiger charge is -2.05. The Balaban J connectivity index is 0.000000278. The maximum atomic E-state index is 12.4. The van der Waals surface area contributed by atoms with Crippen molar-refractivity contribution in [3.05, 3.63) is 48.1 Å². The van der Waals surface area contributed by atoms with Crippen LogP contribution in [0.25, 0.3) is 0 Å². The SMILES string of the molecule is C1CCCCC1.C=CC.Cc1cccc(F)c1F. The van der Waals surface area contributed by atoms with Crippen molar-refractivity contribution in [1.29, 1.82) is 0 Å². The molecule has 0 amide bonds. The lowest BCUT2D eigenvalue weighted by atomic mass is 10.0. The molecule has 0 radical (unpaired) electrons. The van der Waals surface area contributed by atoms with E-state index in [9.17, 15) is 8.78 Å². The van der Waals surface area contributed by atoms with Gasteiger partial charge in [0.2, 0.25) is 0 Å². The molecule has 1 aromatic rings. The lowest BCUT2D eigenvalue weighted by Crippen LogP contribution is -1.85. The normalized spacial score (nSPS) is 13.6. The van der Waals surface area contributed by atoms with Gasteiger partial charge in [-0.2, -0.15) is 0 Å². The molecule has 1 aliphatic carbocycles. The Morgan fingerprint density at radius 2 is 1.39 bits per heavy atom. The Labute approximate surface area is 110 Å².